The Balaban J connectivity index is 1.77. The van der Waals surface area contributed by atoms with Crippen molar-refractivity contribution in [2.24, 2.45) is 0 Å². The highest BCUT2D eigenvalue weighted by atomic mass is 32.2. The Morgan fingerprint density at radius 2 is 1.83 bits per heavy atom. The molecule has 1 heterocycles. The Morgan fingerprint density at radius 1 is 1.22 bits per heavy atom. The monoisotopic (exact) mass is 340 g/mol. The minimum atomic E-state index is -3.42. The van der Waals surface area contributed by atoms with E-state index in [4.69, 9.17) is 0 Å². The van der Waals surface area contributed by atoms with E-state index in [2.05, 4.69) is 23.5 Å². The van der Waals surface area contributed by atoms with E-state index in [1.165, 1.54) is 0 Å². The summed E-state index contributed by atoms with van der Waals surface area (Å²) in [5, 5.41) is 9.47. The number of piperidine rings is 1. The molecule has 0 saturated carbocycles. The Bertz CT molecular complexity index is 576. The van der Waals surface area contributed by atoms with Gasteiger partial charge in [0.05, 0.1) is 11.0 Å². The van der Waals surface area contributed by atoms with Crippen molar-refractivity contribution in [2.45, 2.75) is 50.0 Å². The van der Waals surface area contributed by atoms with Gasteiger partial charge in [-0.25, -0.2) is 13.1 Å². The number of hydrogen-bond donors (Lipinski definition) is 2. The van der Waals surface area contributed by atoms with E-state index in [9.17, 15) is 13.5 Å². The van der Waals surface area contributed by atoms with Crippen molar-refractivity contribution in [3.63, 3.8) is 0 Å². The van der Waals surface area contributed by atoms with Gasteiger partial charge in [-0.3, -0.25) is 0 Å². The molecule has 23 heavy (non-hydrogen) atoms. The molecule has 130 valence electrons. The van der Waals surface area contributed by atoms with Crippen LogP contribution in [0.15, 0.2) is 29.2 Å². The highest BCUT2D eigenvalue weighted by Crippen LogP contribution is 2.17. The largest absolute Gasteiger partial charge is 0.393 e. The van der Waals surface area contributed by atoms with E-state index in [0.29, 0.717) is 17.4 Å². The molecule has 0 aromatic heterocycles. The van der Waals surface area contributed by atoms with Crippen LogP contribution in [0.3, 0.4) is 0 Å². The van der Waals surface area contributed by atoms with Crippen LogP contribution in [0.1, 0.15) is 44.6 Å². The molecule has 0 radical (unpaired) electrons. The van der Waals surface area contributed by atoms with E-state index < -0.39 is 10.0 Å². The maximum absolute atomic E-state index is 12.2. The van der Waals surface area contributed by atoms with Crippen molar-refractivity contribution in [1.82, 2.24) is 9.62 Å². The molecule has 0 spiro atoms. The molecule has 2 N–H and O–H groups in total. The smallest absolute Gasteiger partial charge is 0.240 e. The predicted molar refractivity (Wildman–Crippen MR) is 92.0 cm³/mol. The molecule has 1 aromatic carbocycles. The summed E-state index contributed by atoms with van der Waals surface area (Å²) < 4.78 is 27.2. The molecule has 0 atom stereocenters. The van der Waals surface area contributed by atoms with E-state index >= 15 is 0 Å². The van der Waals surface area contributed by atoms with Crippen LogP contribution < -0.4 is 4.72 Å². The lowest BCUT2D eigenvalue weighted by Crippen LogP contribution is -2.37. The number of aliphatic hydroxyl groups is 1. The minimum absolute atomic E-state index is 0.168. The van der Waals surface area contributed by atoms with Gasteiger partial charge in [-0.2, -0.15) is 0 Å². The van der Waals surface area contributed by atoms with Gasteiger partial charge in [0.1, 0.15) is 0 Å². The van der Waals surface area contributed by atoms with Crippen LogP contribution in [0.25, 0.3) is 0 Å². The zero-order chi connectivity index (χ0) is 16.9. The highest BCUT2D eigenvalue weighted by Gasteiger charge is 2.17. The first-order chi connectivity index (χ1) is 10.9. The molecule has 0 bridgehead atoms. The zero-order valence-corrected chi connectivity index (χ0v) is 14.8. The molecule has 1 fully saturated rings. The van der Waals surface area contributed by atoms with Gasteiger partial charge in [0, 0.05) is 19.6 Å². The first-order valence-corrected chi connectivity index (χ1v) is 9.87. The Kier molecular flexibility index (Phi) is 6.59. The van der Waals surface area contributed by atoms with Crippen LogP contribution in [-0.4, -0.2) is 50.7 Å². The number of nitrogens with zero attached hydrogens (tertiary/aromatic N) is 1. The molecule has 2 rings (SSSR count). The summed E-state index contributed by atoms with van der Waals surface area (Å²) in [5.74, 6) is 0.391. The second-order valence-corrected chi connectivity index (χ2v) is 8.31. The van der Waals surface area contributed by atoms with Crippen LogP contribution in [-0.2, 0) is 10.0 Å². The van der Waals surface area contributed by atoms with Crippen molar-refractivity contribution < 1.29 is 13.5 Å². The summed E-state index contributed by atoms with van der Waals surface area (Å²) in [6.07, 6.45) is 2.24. The second kappa shape index (κ2) is 8.24. The molecular formula is C17H28N2O3S. The van der Waals surface area contributed by atoms with Gasteiger partial charge >= 0.3 is 0 Å². The molecular weight excluding hydrogens is 312 g/mol. The average Bonchev–Trinajstić information content (AvgIpc) is 2.53. The van der Waals surface area contributed by atoms with E-state index in [0.717, 1.165) is 44.5 Å². The maximum atomic E-state index is 12.2. The number of likely N-dealkylation sites (tertiary alicyclic amines) is 1. The third-order valence-electron chi connectivity index (χ3n) is 4.36. The third-order valence-corrected chi connectivity index (χ3v) is 5.83. The molecule has 0 amide bonds. The highest BCUT2D eigenvalue weighted by molar-refractivity contribution is 7.89. The van der Waals surface area contributed by atoms with E-state index in [1.54, 1.807) is 12.1 Å². The fourth-order valence-corrected chi connectivity index (χ4v) is 3.84. The van der Waals surface area contributed by atoms with Crippen LogP contribution in [0.2, 0.25) is 0 Å². The van der Waals surface area contributed by atoms with Crippen molar-refractivity contribution in [1.29, 1.82) is 0 Å². The van der Waals surface area contributed by atoms with Crippen molar-refractivity contribution in [3.8, 4) is 0 Å². The molecule has 0 unspecified atom stereocenters. The van der Waals surface area contributed by atoms with Gasteiger partial charge in [-0.05, 0) is 49.4 Å². The lowest BCUT2D eigenvalue weighted by atomic mass is 10.0. The quantitative estimate of drug-likeness (QED) is 0.744. The SMILES string of the molecule is CC(C)c1ccc(S(=O)(=O)NCCCN2CCC(O)CC2)cc1. The van der Waals surface area contributed by atoms with Crippen molar-refractivity contribution >= 4 is 10.0 Å². The molecule has 5 nitrogen and oxygen atoms in total. The summed E-state index contributed by atoms with van der Waals surface area (Å²) in [4.78, 5) is 2.60. The van der Waals surface area contributed by atoms with Gasteiger partial charge in [0.2, 0.25) is 10.0 Å². The first kappa shape index (κ1) is 18.4. The lowest BCUT2D eigenvalue weighted by molar-refractivity contribution is 0.0823. The number of nitrogens with one attached hydrogen (secondary N) is 1. The number of sulfonamides is 1. The number of rotatable bonds is 7. The van der Waals surface area contributed by atoms with Gasteiger partial charge in [0.15, 0.2) is 0 Å². The summed E-state index contributed by atoms with van der Waals surface area (Å²) in [6.45, 7) is 7.26. The van der Waals surface area contributed by atoms with Gasteiger partial charge in [0.25, 0.3) is 0 Å². The predicted octanol–water partition coefficient (Wildman–Crippen LogP) is 1.94. The lowest BCUT2D eigenvalue weighted by Gasteiger charge is -2.29. The summed E-state index contributed by atoms with van der Waals surface area (Å²) in [6, 6.07) is 7.09. The van der Waals surface area contributed by atoms with Crippen molar-refractivity contribution in [3.05, 3.63) is 29.8 Å². The first-order valence-electron chi connectivity index (χ1n) is 8.38. The topological polar surface area (TPSA) is 69.6 Å². The van der Waals surface area contributed by atoms with Crippen molar-refractivity contribution in [2.75, 3.05) is 26.2 Å². The van der Waals surface area contributed by atoms with E-state index in [-0.39, 0.29) is 6.10 Å². The Hall–Kier alpha value is -0.950. The molecule has 1 aliphatic heterocycles. The normalized spacial score (nSPS) is 17.7. The number of benzene rings is 1. The fourth-order valence-electron chi connectivity index (χ4n) is 2.77. The summed E-state index contributed by atoms with van der Waals surface area (Å²) in [5.41, 5.74) is 1.14. The fraction of sp³-hybridized carbons (Fsp3) is 0.647. The van der Waals surface area contributed by atoms with Crippen LogP contribution in [0.4, 0.5) is 0 Å². The van der Waals surface area contributed by atoms with Crippen LogP contribution in [0, 0.1) is 0 Å². The number of hydrogen-bond acceptors (Lipinski definition) is 4. The molecule has 1 saturated heterocycles. The van der Waals surface area contributed by atoms with Crippen LogP contribution >= 0.6 is 0 Å². The Morgan fingerprint density at radius 3 is 2.39 bits per heavy atom. The van der Waals surface area contributed by atoms with Crippen LogP contribution in [0.5, 0.6) is 0 Å². The number of aliphatic hydroxyl groups excluding tert-OH is 1. The second-order valence-electron chi connectivity index (χ2n) is 6.55. The summed E-state index contributed by atoms with van der Waals surface area (Å²) >= 11 is 0. The average molecular weight is 340 g/mol. The van der Waals surface area contributed by atoms with E-state index in [1.807, 2.05) is 12.1 Å². The molecule has 1 aromatic rings. The van der Waals surface area contributed by atoms with Gasteiger partial charge < -0.3 is 10.0 Å². The van der Waals surface area contributed by atoms with Gasteiger partial charge in [-0.15, -0.1) is 0 Å². The zero-order valence-electron chi connectivity index (χ0n) is 14.0. The maximum Gasteiger partial charge on any atom is 0.240 e. The van der Waals surface area contributed by atoms with Gasteiger partial charge in [-0.1, -0.05) is 26.0 Å². The molecule has 6 heteroatoms. The summed E-state index contributed by atoms with van der Waals surface area (Å²) in [7, 11) is -3.42. The molecule has 1 aliphatic rings. The minimum Gasteiger partial charge on any atom is -0.393 e. The standard InChI is InChI=1S/C17H28N2O3S/c1-14(2)15-4-6-17(7-5-15)23(21,22)18-10-3-11-19-12-8-16(20)9-13-19/h4-7,14,16,18,20H,3,8-13H2,1-2H3. The third kappa shape index (κ3) is 5.57. The Labute approximate surface area is 139 Å². The molecule has 0 aliphatic carbocycles.